The molecule has 0 aromatic carbocycles. The summed E-state index contributed by atoms with van der Waals surface area (Å²) in [6.07, 6.45) is 8.94. The molecule has 1 fully saturated rings. The topological polar surface area (TPSA) is 66.0 Å². The normalized spacial score (nSPS) is 20.4. The lowest BCUT2D eigenvalue weighted by Gasteiger charge is -2.33. The lowest BCUT2D eigenvalue weighted by Crippen LogP contribution is -2.44. The van der Waals surface area contributed by atoms with Gasteiger partial charge in [0.05, 0.1) is 6.10 Å². The summed E-state index contributed by atoms with van der Waals surface area (Å²) in [5.41, 5.74) is 6.39. The van der Waals surface area contributed by atoms with Gasteiger partial charge in [-0.25, -0.2) is 4.98 Å². The highest BCUT2D eigenvalue weighted by Crippen LogP contribution is 2.29. The van der Waals surface area contributed by atoms with Crippen LogP contribution in [0.4, 0.5) is 0 Å². The van der Waals surface area contributed by atoms with Gasteiger partial charge in [-0.15, -0.1) is 0 Å². The Morgan fingerprint density at radius 2 is 2.16 bits per heavy atom. The number of aryl methyl sites for hydroxylation is 1. The summed E-state index contributed by atoms with van der Waals surface area (Å²) in [6, 6.07) is 0.00551. The Bertz CT molecular complexity index is 373. The van der Waals surface area contributed by atoms with Crippen LogP contribution in [0.15, 0.2) is 6.33 Å². The highest BCUT2D eigenvalue weighted by molar-refractivity contribution is 4.93. The number of nitrogens with two attached hydrogens (primary N) is 1. The first-order valence-electron chi connectivity index (χ1n) is 7.42. The first-order chi connectivity index (χ1) is 9.22. The van der Waals surface area contributed by atoms with Gasteiger partial charge in [-0.2, -0.15) is 5.10 Å². The summed E-state index contributed by atoms with van der Waals surface area (Å²) in [5.74, 6) is 1.55. The second-order valence-corrected chi connectivity index (χ2v) is 5.49. The molecule has 5 heteroatoms. The van der Waals surface area contributed by atoms with Crippen molar-refractivity contribution in [2.24, 2.45) is 18.7 Å². The standard InChI is InChI=1S/C14H26N4O/c1-3-19-14(11-7-5-4-6-8-11)12(15)9-13-16-10-17-18(13)2/h10-12,14H,3-9,15H2,1-2H3. The Labute approximate surface area is 115 Å². The van der Waals surface area contributed by atoms with Gasteiger partial charge in [-0.1, -0.05) is 19.3 Å². The van der Waals surface area contributed by atoms with Gasteiger partial charge < -0.3 is 10.5 Å². The van der Waals surface area contributed by atoms with Crippen LogP contribution < -0.4 is 5.73 Å². The Morgan fingerprint density at radius 1 is 1.42 bits per heavy atom. The van der Waals surface area contributed by atoms with Gasteiger partial charge in [0.2, 0.25) is 0 Å². The molecule has 0 radical (unpaired) electrons. The predicted octanol–water partition coefficient (Wildman–Crippen LogP) is 1.67. The van der Waals surface area contributed by atoms with E-state index in [0.717, 1.165) is 18.9 Å². The fraction of sp³-hybridized carbons (Fsp3) is 0.857. The van der Waals surface area contributed by atoms with Crippen molar-refractivity contribution < 1.29 is 4.74 Å². The van der Waals surface area contributed by atoms with E-state index in [2.05, 4.69) is 10.1 Å². The molecule has 1 aromatic heterocycles. The number of rotatable bonds is 6. The first-order valence-corrected chi connectivity index (χ1v) is 7.42. The molecule has 0 spiro atoms. The van der Waals surface area contributed by atoms with Gasteiger partial charge in [0.25, 0.3) is 0 Å². The van der Waals surface area contributed by atoms with E-state index in [1.165, 1.54) is 32.1 Å². The number of hydrogen-bond donors (Lipinski definition) is 1. The third kappa shape index (κ3) is 3.76. The van der Waals surface area contributed by atoms with E-state index in [9.17, 15) is 0 Å². The fourth-order valence-corrected chi connectivity index (χ4v) is 3.10. The molecule has 0 aliphatic heterocycles. The van der Waals surface area contributed by atoms with E-state index in [1.54, 1.807) is 11.0 Å². The van der Waals surface area contributed by atoms with E-state index in [4.69, 9.17) is 10.5 Å². The van der Waals surface area contributed by atoms with Crippen molar-refractivity contribution in [2.45, 2.75) is 57.6 Å². The van der Waals surface area contributed by atoms with Crippen LogP contribution in [-0.4, -0.2) is 33.5 Å². The van der Waals surface area contributed by atoms with Gasteiger partial charge in [-0.05, 0) is 25.7 Å². The van der Waals surface area contributed by atoms with Crippen molar-refractivity contribution in [3.05, 3.63) is 12.2 Å². The Kier molecular flexibility index (Phi) is 5.34. The summed E-state index contributed by atoms with van der Waals surface area (Å²) in [7, 11) is 1.91. The van der Waals surface area contributed by atoms with Gasteiger partial charge >= 0.3 is 0 Å². The molecule has 1 saturated carbocycles. The minimum Gasteiger partial charge on any atom is -0.377 e. The van der Waals surface area contributed by atoms with Crippen LogP contribution in [0.2, 0.25) is 0 Å². The molecule has 19 heavy (non-hydrogen) atoms. The summed E-state index contributed by atoms with van der Waals surface area (Å²) in [4.78, 5) is 4.26. The largest absolute Gasteiger partial charge is 0.377 e. The van der Waals surface area contributed by atoms with E-state index in [1.807, 2.05) is 14.0 Å². The lowest BCUT2D eigenvalue weighted by atomic mass is 9.82. The van der Waals surface area contributed by atoms with Crippen LogP contribution in [-0.2, 0) is 18.2 Å². The number of aromatic nitrogens is 3. The molecule has 1 heterocycles. The quantitative estimate of drug-likeness (QED) is 0.850. The minimum atomic E-state index is 0.00551. The molecule has 5 nitrogen and oxygen atoms in total. The highest BCUT2D eigenvalue weighted by atomic mass is 16.5. The Morgan fingerprint density at radius 3 is 2.74 bits per heavy atom. The van der Waals surface area contributed by atoms with Crippen LogP contribution in [0.3, 0.4) is 0 Å². The highest BCUT2D eigenvalue weighted by Gasteiger charge is 2.29. The van der Waals surface area contributed by atoms with E-state index in [-0.39, 0.29) is 12.1 Å². The van der Waals surface area contributed by atoms with Crippen LogP contribution in [0.25, 0.3) is 0 Å². The third-order valence-corrected chi connectivity index (χ3v) is 4.12. The van der Waals surface area contributed by atoms with Crippen molar-refractivity contribution >= 4 is 0 Å². The predicted molar refractivity (Wildman–Crippen MR) is 74.7 cm³/mol. The second kappa shape index (κ2) is 7.01. The van der Waals surface area contributed by atoms with E-state index in [0.29, 0.717) is 5.92 Å². The molecule has 2 atom stereocenters. The fourth-order valence-electron chi connectivity index (χ4n) is 3.10. The van der Waals surface area contributed by atoms with Crippen molar-refractivity contribution in [1.82, 2.24) is 14.8 Å². The zero-order chi connectivity index (χ0) is 13.7. The average Bonchev–Trinajstić information content (AvgIpc) is 2.82. The Balaban J connectivity index is 1.98. The summed E-state index contributed by atoms with van der Waals surface area (Å²) in [5, 5.41) is 4.10. The smallest absolute Gasteiger partial charge is 0.138 e. The molecule has 108 valence electrons. The monoisotopic (exact) mass is 266 g/mol. The molecule has 0 saturated heterocycles. The summed E-state index contributed by atoms with van der Waals surface area (Å²) >= 11 is 0. The first kappa shape index (κ1) is 14.5. The summed E-state index contributed by atoms with van der Waals surface area (Å²) in [6.45, 7) is 2.78. The molecule has 0 bridgehead atoms. The average molecular weight is 266 g/mol. The van der Waals surface area contributed by atoms with Gasteiger partial charge in [0.15, 0.2) is 0 Å². The SMILES string of the molecule is CCOC(C(N)Cc1ncnn1C)C1CCCCC1. The molecule has 1 aromatic rings. The van der Waals surface area contributed by atoms with E-state index < -0.39 is 0 Å². The molecule has 0 amide bonds. The van der Waals surface area contributed by atoms with Crippen LogP contribution in [0, 0.1) is 5.92 Å². The minimum absolute atomic E-state index is 0.00551. The van der Waals surface area contributed by atoms with E-state index >= 15 is 0 Å². The maximum absolute atomic E-state index is 6.39. The van der Waals surface area contributed by atoms with Crippen molar-refractivity contribution in [2.75, 3.05) is 6.61 Å². The Hall–Kier alpha value is -0.940. The maximum atomic E-state index is 6.39. The second-order valence-electron chi connectivity index (χ2n) is 5.49. The van der Waals surface area contributed by atoms with Crippen LogP contribution >= 0.6 is 0 Å². The third-order valence-electron chi connectivity index (χ3n) is 4.12. The molecule has 2 N–H and O–H groups in total. The van der Waals surface area contributed by atoms with Crippen molar-refractivity contribution in [3.8, 4) is 0 Å². The molecule has 2 unspecified atom stereocenters. The lowest BCUT2D eigenvalue weighted by molar-refractivity contribution is -0.00961. The van der Waals surface area contributed by atoms with Crippen LogP contribution in [0.5, 0.6) is 0 Å². The number of hydrogen-bond acceptors (Lipinski definition) is 4. The number of nitrogens with zero attached hydrogens (tertiary/aromatic N) is 3. The van der Waals surface area contributed by atoms with Gasteiger partial charge in [-0.3, -0.25) is 4.68 Å². The molecular weight excluding hydrogens is 240 g/mol. The maximum Gasteiger partial charge on any atom is 0.138 e. The molecular formula is C14H26N4O. The molecule has 2 rings (SSSR count). The zero-order valence-electron chi connectivity index (χ0n) is 12.1. The molecule has 1 aliphatic rings. The summed E-state index contributed by atoms with van der Waals surface area (Å²) < 4.78 is 7.74. The van der Waals surface area contributed by atoms with Crippen molar-refractivity contribution in [3.63, 3.8) is 0 Å². The number of ether oxygens (including phenoxy) is 1. The van der Waals surface area contributed by atoms with Gasteiger partial charge in [0.1, 0.15) is 12.2 Å². The zero-order valence-corrected chi connectivity index (χ0v) is 12.1. The van der Waals surface area contributed by atoms with Gasteiger partial charge in [0, 0.05) is 26.1 Å². The van der Waals surface area contributed by atoms with Crippen LogP contribution in [0.1, 0.15) is 44.9 Å². The van der Waals surface area contributed by atoms with Crippen molar-refractivity contribution in [1.29, 1.82) is 0 Å². The molecule has 1 aliphatic carbocycles.